The number of rotatable bonds is 6. The van der Waals surface area contributed by atoms with Crippen molar-refractivity contribution in [1.29, 1.82) is 0 Å². The molecule has 1 aromatic carbocycles. The number of carboxylic acids is 1. The van der Waals surface area contributed by atoms with Gasteiger partial charge in [0.15, 0.2) is 0 Å². The third kappa shape index (κ3) is 4.59. The van der Waals surface area contributed by atoms with Gasteiger partial charge in [-0.2, -0.15) is 0 Å². The van der Waals surface area contributed by atoms with Crippen molar-refractivity contribution in [2.45, 2.75) is 13.3 Å². The molecule has 1 aromatic rings. The highest BCUT2D eigenvalue weighted by atomic mass is 35.5. The van der Waals surface area contributed by atoms with Gasteiger partial charge in [-0.3, -0.25) is 4.79 Å². The van der Waals surface area contributed by atoms with E-state index in [9.17, 15) is 4.79 Å². The second-order valence-electron chi connectivity index (χ2n) is 4.12. The van der Waals surface area contributed by atoms with Crippen LogP contribution in [0, 0.1) is 0 Å². The van der Waals surface area contributed by atoms with E-state index < -0.39 is 5.97 Å². The summed E-state index contributed by atoms with van der Waals surface area (Å²) >= 11 is 12.0. The maximum atomic E-state index is 10.7. The highest BCUT2D eigenvalue weighted by Gasteiger charge is 2.12. The van der Waals surface area contributed by atoms with Crippen LogP contribution in [0.4, 0.5) is 5.69 Å². The number of carboxylic acid groups (broad SMARTS) is 1. The molecule has 0 fully saturated rings. The van der Waals surface area contributed by atoms with Crippen LogP contribution < -0.4 is 4.90 Å². The van der Waals surface area contributed by atoms with Gasteiger partial charge in [-0.1, -0.05) is 35.4 Å². The molecule has 98 valence electrons. The Morgan fingerprint density at radius 2 is 2.11 bits per heavy atom. The lowest BCUT2D eigenvalue weighted by Gasteiger charge is -2.25. The predicted molar refractivity (Wildman–Crippen MR) is 75.7 cm³/mol. The number of aliphatic carboxylic acids is 1. The molecule has 1 rings (SSSR count). The first-order chi connectivity index (χ1) is 8.40. The number of anilines is 1. The molecule has 0 unspecified atom stereocenters. The van der Waals surface area contributed by atoms with Gasteiger partial charge in [-0.25, -0.2) is 0 Å². The molecule has 0 spiro atoms. The van der Waals surface area contributed by atoms with E-state index >= 15 is 0 Å². The van der Waals surface area contributed by atoms with Crippen LogP contribution in [0.5, 0.6) is 0 Å². The topological polar surface area (TPSA) is 40.5 Å². The van der Waals surface area contributed by atoms with E-state index in [0.29, 0.717) is 23.1 Å². The second-order valence-corrected chi connectivity index (χ2v) is 4.96. The summed E-state index contributed by atoms with van der Waals surface area (Å²) in [7, 11) is 0. The van der Waals surface area contributed by atoms with Crippen LogP contribution >= 0.6 is 23.2 Å². The molecule has 0 saturated heterocycles. The van der Waals surface area contributed by atoms with E-state index in [1.807, 2.05) is 11.8 Å². The van der Waals surface area contributed by atoms with Gasteiger partial charge in [0.25, 0.3) is 0 Å². The van der Waals surface area contributed by atoms with Gasteiger partial charge >= 0.3 is 5.97 Å². The van der Waals surface area contributed by atoms with Crippen LogP contribution in [-0.2, 0) is 4.79 Å². The van der Waals surface area contributed by atoms with Crippen molar-refractivity contribution in [3.05, 3.63) is 40.4 Å². The van der Waals surface area contributed by atoms with Crippen LogP contribution in [0.2, 0.25) is 10.0 Å². The number of carbonyl (C=O) groups is 1. The lowest BCUT2D eigenvalue weighted by Crippen LogP contribution is -2.28. The summed E-state index contributed by atoms with van der Waals surface area (Å²) in [4.78, 5) is 12.5. The molecular formula is C13H15Cl2NO2. The normalized spacial score (nSPS) is 10.2. The first-order valence-corrected chi connectivity index (χ1v) is 6.22. The van der Waals surface area contributed by atoms with Gasteiger partial charge in [0.2, 0.25) is 0 Å². The molecule has 0 aromatic heterocycles. The number of nitrogens with zero attached hydrogens (tertiary/aromatic N) is 1. The Balaban J connectivity index is 2.96. The summed E-state index contributed by atoms with van der Waals surface area (Å²) in [5, 5.41) is 9.87. The molecule has 0 heterocycles. The summed E-state index contributed by atoms with van der Waals surface area (Å²) in [5.74, 6) is -0.847. The zero-order valence-electron chi connectivity index (χ0n) is 10.1. The molecule has 0 aliphatic carbocycles. The predicted octanol–water partition coefficient (Wildman–Crippen LogP) is 3.85. The zero-order valence-corrected chi connectivity index (χ0v) is 11.6. The second kappa shape index (κ2) is 6.66. The minimum absolute atomic E-state index is 0.0378. The first-order valence-electron chi connectivity index (χ1n) is 5.46. The van der Waals surface area contributed by atoms with Gasteiger partial charge in [0.1, 0.15) is 0 Å². The molecule has 0 aliphatic heterocycles. The number of hydrogen-bond acceptors (Lipinski definition) is 2. The van der Waals surface area contributed by atoms with Crippen molar-refractivity contribution in [2.75, 3.05) is 18.0 Å². The maximum Gasteiger partial charge on any atom is 0.305 e. The third-order valence-corrected chi connectivity index (χ3v) is 2.86. The zero-order chi connectivity index (χ0) is 13.7. The van der Waals surface area contributed by atoms with Crippen molar-refractivity contribution in [3.8, 4) is 0 Å². The molecule has 18 heavy (non-hydrogen) atoms. The molecule has 0 bridgehead atoms. The van der Waals surface area contributed by atoms with Gasteiger partial charge in [-0.15, -0.1) is 0 Å². The van der Waals surface area contributed by atoms with Gasteiger partial charge in [0, 0.05) is 18.1 Å². The fourth-order valence-corrected chi connectivity index (χ4v) is 1.97. The van der Waals surface area contributed by atoms with E-state index in [4.69, 9.17) is 28.3 Å². The Hall–Kier alpha value is -1.19. The quantitative estimate of drug-likeness (QED) is 0.808. The molecule has 3 nitrogen and oxygen atoms in total. The van der Waals surface area contributed by atoms with Crippen LogP contribution in [0.3, 0.4) is 0 Å². The largest absolute Gasteiger partial charge is 0.481 e. The SMILES string of the molecule is C=C(C)CN(CCC(=O)O)c1cc(Cl)ccc1Cl. The fourth-order valence-electron chi connectivity index (χ4n) is 1.57. The lowest BCUT2D eigenvalue weighted by molar-refractivity contribution is -0.136. The Labute approximate surface area is 117 Å². The molecule has 0 aliphatic rings. The van der Waals surface area contributed by atoms with Crippen molar-refractivity contribution in [3.63, 3.8) is 0 Å². The fraction of sp³-hybridized carbons (Fsp3) is 0.308. The van der Waals surface area contributed by atoms with E-state index in [1.54, 1.807) is 18.2 Å². The standard InChI is InChI=1S/C13H15Cl2NO2/c1-9(2)8-16(6-5-13(17)18)12-7-10(14)3-4-11(12)15/h3-4,7H,1,5-6,8H2,2H3,(H,17,18). The van der Waals surface area contributed by atoms with Crippen LogP contribution in [-0.4, -0.2) is 24.2 Å². The number of hydrogen-bond donors (Lipinski definition) is 1. The van der Waals surface area contributed by atoms with E-state index in [2.05, 4.69) is 6.58 Å². The van der Waals surface area contributed by atoms with Gasteiger partial charge < -0.3 is 10.0 Å². The minimum Gasteiger partial charge on any atom is -0.481 e. The van der Waals surface area contributed by atoms with Crippen molar-refractivity contribution >= 4 is 34.9 Å². The van der Waals surface area contributed by atoms with Crippen molar-refractivity contribution in [2.24, 2.45) is 0 Å². The Morgan fingerprint density at radius 1 is 1.44 bits per heavy atom. The molecular weight excluding hydrogens is 273 g/mol. The Bertz CT molecular complexity index is 460. The summed E-state index contributed by atoms with van der Waals surface area (Å²) in [6.45, 7) is 6.63. The Morgan fingerprint density at radius 3 is 2.67 bits per heavy atom. The highest BCUT2D eigenvalue weighted by Crippen LogP contribution is 2.29. The molecule has 0 radical (unpaired) electrons. The lowest BCUT2D eigenvalue weighted by atomic mass is 10.2. The minimum atomic E-state index is -0.847. The monoisotopic (exact) mass is 287 g/mol. The van der Waals surface area contributed by atoms with Gasteiger partial charge in [-0.05, 0) is 25.1 Å². The molecule has 0 amide bonds. The van der Waals surface area contributed by atoms with E-state index in [1.165, 1.54) is 0 Å². The van der Waals surface area contributed by atoms with E-state index in [-0.39, 0.29) is 6.42 Å². The maximum absolute atomic E-state index is 10.7. The third-order valence-electron chi connectivity index (χ3n) is 2.31. The van der Waals surface area contributed by atoms with Crippen LogP contribution in [0.1, 0.15) is 13.3 Å². The molecule has 1 N–H and O–H groups in total. The molecule has 5 heteroatoms. The average Bonchev–Trinajstić information content (AvgIpc) is 2.27. The van der Waals surface area contributed by atoms with Crippen LogP contribution in [0.15, 0.2) is 30.4 Å². The summed E-state index contributed by atoms with van der Waals surface area (Å²) in [6, 6.07) is 5.13. The summed E-state index contributed by atoms with van der Waals surface area (Å²) < 4.78 is 0. The number of benzene rings is 1. The first kappa shape index (κ1) is 14.9. The van der Waals surface area contributed by atoms with Gasteiger partial charge in [0.05, 0.1) is 17.1 Å². The van der Waals surface area contributed by atoms with Crippen molar-refractivity contribution < 1.29 is 9.90 Å². The molecule has 0 saturated carbocycles. The highest BCUT2D eigenvalue weighted by molar-refractivity contribution is 6.35. The van der Waals surface area contributed by atoms with Crippen molar-refractivity contribution in [1.82, 2.24) is 0 Å². The smallest absolute Gasteiger partial charge is 0.305 e. The summed E-state index contributed by atoms with van der Waals surface area (Å²) in [5.41, 5.74) is 1.66. The molecule has 0 atom stereocenters. The Kier molecular flexibility index (Phi) is 5.51. The number of halogens is 2. The van der Waals surface area contributed by atoms with E-state index in [0.717, 1.165) is 11.3 Å². The average molecular weight is 288 g/mol. The summed E-state index contributed by atoms with van der Waals surface area (Å²) in [6.07, 6.45) is 0.0378. The van der Waals surface area contributed by atoms with Crippen LogP contribution in [0.25, 0.3) is 0 Å².